The fourth-order valence-corrected chi connectivity index (χ4v) is 3.22. The van der Waals surface area contributed by atoms with E-state index in [1.54, 1.807) is 18.2 Å². The molecule has 7 nitrogen and oxygen atoms in total. The third kappa shape index (κ3) is 4.21. The lowest BCUT2D eigenvalue weighted by Gasteiger charge is -2.13. The van der Waals surface area contributed by atoms with E-state index in [4.69, 9.17) is 11.6 Å². The molecule has 0 saturated heterocycles. The third-order valence-electron chi connectivity index (χ3n) is 3.50. The number of anilines is 1. The Hall–Kier alpha value is -2.42. The Morgan fingerprint density at radius 3 is 2.42 bits per heavy atom. The number of amides is 1. The number of sulfonamides is 1. The molecule has 0 atom stereocenters. The Kier molecular flexibility index (Phi) is 6.01. The molecule has 0 unspecified atom stereocenters. The quantitative estimate of drug-likeness (QED) is 0.784. The Balaban J connectivity index is 2.35. The van der Waals surface area contributed by atoms with Crippen LogP contribution in [0.3, 0.4) is 0 Å². The van der Waals surface area contributed by atoms with Gasteiger partial charge in [-0.25, -0.2) is 17.5 Å². The lowest BCUT2D eigenvalue weighted by atomic mass is 10.1. The van der Waals surface area contributed by atoms with Crippen LogP contribution in [0.5, 0.6) is 0 Å². The van der Waals surface area contributed by atoms with E-state index in [0.717, 1.165) is 4.31 Å². The zero-order valence-electron chi connectivity index (χ0n) is 14.3. The van der Waals surface area contributed by atoms with Gasteiger partial charge in [-0.3, -0.25) is 4.79 Å². The molecule has 2 aromatic carbocycles. The maximum absolute atomic E-state index is 12.5. The van der Waals surface area contributed by atoms with Crippen LogP contribution in [0.15, 0.2) is 47.4 Å². The molecular weight excluding hydrogens is 380 g/mol. The molecule has 1 amide bonds. The van der Waals surface area contributed by atoms with E-state index in [9.17, 15) is 18.0 Å². The Morgan fingerprint density at radius 2 is 1.81 bits per heavy atom. The van der Waals surface area contributed by atoms with Gasteiger partial charge in [-0.2, -0.15) is 0 Å². The molecule has 2 rings (SSSR count). The number of nitrogens with one attached hydrogen (secondary N) is 1. The molecule has 0 aliphatic carbocycles. The van der Waals surface area contributed by atoms with Gasteiger partial charge in [-0.1, -0.05) is 17.7 Å². The number of carbonyl (C=O) groups is 2. The summed E-state index contributed by atoms with van der Waals surface area (Å²) in [6.45, 7) is 0. The van der Waals surface area contributed by atoms with Crippen LogP contribution < -0.4 is 5.32 Å². The SMILES string of the molecule is COC(=O)c1cccc(NC(=O)c2cc(S(=O)(=O)N(C)C)ccc2Cl)c1. The maximum Gasteiger partial charge on any atom is 0.337 e. The van der Waals surface area contributed by atoms with Gasteiger partial charge in [0.25, 0.3) is 5.91 Å². The zero-order chi connectivity index (χ0) is 19.5. The number of carbonyl (C=O) groups excluding carboxylic acids is 2. The molecule has 0 fully saturated rings. The monoisotopic (exact) mass is 396 g/mol. The van der Waals surface area contributed by atoms with Crippen molar-refractivity contribution in [1.82, 2.24) is 4.31 Å². The van der Waals surface area contributed by atoms with Gasteiger partial charge in [0.2, 0.25) is 10.0 Å². The van der Waals surface area contributed by atoms with Gasteiger partial charge in [-0.05, 0) is 36.4 Å². The Labute approximate surface area is 156 Å². The molecule has 26 heavy (non-hydrogen) atoms. The van der Waals surface area contributed by atoms with Crippen molar-refractivity contribution in [3.05, 3.63) is 58.6 Å². The number of benzene rings is 2. The minimum absolute atomic E-state index is 0.00179. The fourth-order valence-electron chi connectivity index (χ4n) is 2.09. The predicted octanol–water partition coefficient (Wildman–Crippen LogP) is 2.63. The largest absolute Gasteiger partial charge is 0.465 e. The van der Waals surface area contributed by atoms with Crippen molar-refractivity contribution >= 4 is 39.2 Å². The van der Waals surface area contributed by atoms with Crippen LogP contribution in [0.2, 0.25) is 5.02 Å². The molecule has 0 radical (unpaired) electrons. The first-order chi connectivity index (χ1) is 12.2. The molecule has 0 spiro atoms. The lowest BCUT2D eigenvalue weighted by molar-refractivity contribution is 0.0600. The molecule has 0 heterocycles. The van der Waals surface area contributed by atoms with Crippen LogP contribution in [-0.4, -0.2) is 45.8 Å². The van der Waals surface area contributed by atoms with E-state index in [2.05, 4.69) is 10.1 Å². The smallest absolute Gasteiger partial charge is 0.337 e. The normalized spacial score (nSPS) is 11.3. The summed E-state index contributed by atoms with van der Waals surface area (Å²) in [5.74, 6) is -1.15. The number of halogens is 1. The molecular formula is C17H17ClN2O5S. The summed E-state index contributed by atoms with van der Waals surface area (Å²) < 4.78 is 30.1. The van der Waals surface area contributed by atoms with E-state index in [0.29, 0.717) is 5.69 Å². The fraction of sp³-hybridized carbons (Fsp3) is 0.176. The van der Waals surface area contributed by atoms with Gasteiger partial charge in [0.1, 0.15) is 0 Å². The average Bonchev–Trinajstić information content (AvgIpc) is 2.61. The second-order valence-electron chi connectivity index (χ2n) is 5.46. The predicted molar refractivity (Wildman–Crippen MR) is 98.1 cm³/mol. The Bertz CT molecular complexity index is 957. The number of hydrogen-bond donors (Lipinski definition) is 1. The van der Waals surface area contributed by atoms with Crippen molar-refractivity contribution in [3.8, 4) is 0 Å². The van der Waals surface area contributed by atoms with Crippen molar-refractivity contribution in [2.45, 2.75) is 4.90 Å². The van der Waals surface area contributed by atoms with Crippen molar-refractivity contribution in [1.29, 1.82) is 0 Å². The van der Waals surface area contributed by atoms with Gasteiger partial charge in [0.15, 0.2) is 0 Å². The zero-order valence-corrected chi connectivity index (χ0v) is 15.9. The second-order valence-corrected chi connectivity index (χ2v) is 8.01. The third-order valence-corrected chi connectivity index (χ3v) is 5.64. The van der Waals surface area contributed by atoms with Crippen LogP contribution in [0.4, 0.5) is 5.69 Å². The van der Waals surface area contributed by atoms with E-state index < -0.39 is 21.9 Å². The molecule has 9 heteroatoms. The highest BCUT2D eigenvalue weighted by Gasteiger charge is 2.21. The Morgan fingerprint density at radius 1 is 1.12 bits per heavy atom. The molecule has 0 aliphatic rings. The van der Waals surface area contributed by atoms with Crippen LogP contribution >= 0.6 is 11.6 Å². The molecule has 138 valence electrons. The van der Waals surface area contributed by atoms with Crippen LogP contribution in [0, 0.1) is 0 Å². The van der Waals surface area contributed by atoms with E-state index in [1.165, 1.54) is 45.5 Å². The minimum atomic E-state index is -3.71. The minimum Gasteiger partial charge on any atom is -0.465 e. The van der Waals surface area contributed by atoms with Crippen molar-refractivity contribution in [3.63, 3.8) is 0 Å². The topological polar surface area (TPSA) is 92.8 Å². The van der Waals surface area contributed by atoms with Crippen LogP contribution in [0.25, 0.3) is 0 Å². The summed E-state index contributed by atoms with van der Waals surface area (Å²) in [6.07, 6.45) is 0. The summed E-state index contributed by atoms with van der Waals surface area (Å²) in [5, 5.41) is 2.69. The summed E-state index contributed by atoms with van der Waals surface area (Å²) in [7, 11) is 0.325. The standard InChI is InChI=1S/C17H17ClN2O5S/c1-20(2)26(23,24)13-7-8-15(18)14(10-13)16(21)19-12-6-4-5-11(9-12)17(22)25-3/h4-10H,1-3H3,(H,19,21). The van der Waals surface area contributed by atoms with Crippen molar-refractivity contribution < 1.29 is 22.7 Å². The van der Waals surface area contributed by atoms with E-state index in [1.807, 2.05) is 0 Å². The van der Waals surface area contributed by atoms with Crippen molar-refractivity contribution in [2.75, 3.05) is 26.5 Å². The highest BCUT2D eigenvalue weighted by atomic mass is 35.5. The highest BCUT2D eigenvalue weighted by Crippen LogP contribution is 2.23. The maximum atomic E-state index is 12.5. The summed E-state index contributed by atoms with van der Waals surface area (Å²) in [5.41, 5.74) is 0.605. The molecule has 0 aliphatic heterocycles. The molecule has 2 aromatic rings. The molecule has 0 saturated carbocycles. The number of rotatable bonds is 5. The van der Waals surface area contributed by atoms with Gasteiger partial charge < -0.3 is 10.1 Å². The van der Waals surface area contributed by atoms with Crippen LogP contribution in [0.1, 0.15) is 20.7 Å². The number of nitrogens with zero attached hydrogens (tertiary/aromatic N) is 1. The van der Waals surface area contributed by atoms with Gasteiger partial charge >= 0.3 is 5.97 Å². The number of ether oxygens (including phenoxy) is 1. The highest BCUT2D eigenvalue weighted by molar-refractivity contribution is 7.89. The second kappa shape index (κ2) is 7.86. The molecule has 0 aromatic heterocycles. The van der Waals surface area contributed by atoms with Gasteiger partial charge in [-0.15, -0.1) is 0 Å². The summed E-state index contributed by atoms with van der Waals surface area (Å²) in [4.78, 5) is 24.0. The lowest BCUT2D eigenvalue weighted by Crippen LogP contribution is -2.23. The molecule has 0 bridgehead atoms. The van der Waals surface area contributed by atoms with E-state index in [-0.39, 0.29) is 21.0 Å². The first-order valence-electron chi connectivity index (χ1n) is 7.38. The van der Waals surface area contributed by atoms with Crippen molar-refractivity contribution in [2.24, 2.45) is 0 Å². The van der Waals surface area contributed by atoms with E-state index >= 15 is 0 Å². The summed E-state index contributed by atoms with van der Waals surface area (Å²) >= 11 is 6.05. The number of hydrogen-bond acceptors (Lipinski definition) is 5. The van der Waals surface area contributed by atoms with Gasteiger partial charge in [0.05, 0.1) is 28.2 Å². The average molecular weight is 397 g/mol. The number of esters is 1. The molecule has 1 N–H and O–H groups in total. The number of methoxy groups -OCH3 is 1. The first kappa shape index (κ1) is 19.9. The van der Waals surface area contributed by atoms with Crippen LogP contribution in [-0.2, 0) is 14.8 Å². The van der Waals surface area contributed by atoms with Gasteiger partial charge in [0, 0.05) is 19.8 Å². The first-order valence-corrected chi connectivity index (χ1v) is 9.20. The summed E-state index contributed by atoms with van der Waals surface area (Å²) in [6, 6.07) is 10.0.